The predicted octanol–water partition coefficient (Wildman–Crippen LogP) is 5.01. The SMILES string of the molecule is Cc1ccc(C)c(Nc2nc(C(F)(F)F)nc3ccccc23)c1. The largest absolute Gasteiger partial charge is 0.451 e. The van der Waals surface area contributed by atoms with Gasteiger partial charge in [0.25, 0.3) is 0 Å². The maximum absolute atomic E-state index is 13.0. The fourth-order valence-electron chi connectivity index (χ4n) is 2.30. The third kappa shape index (κ3) is 3.11. The fraction of sp³-hybridized carbons (Fsp3) is 0.176. The molecule has 23 heavy (non-hydrogen) atoms. The summed E-state index contributed by atoms with van der Waals surface area (Å²) < 4.78 is 39.1. The normalized spacial score (nSPS) is 11.7. The number of nitrogens with one attached hydrogen (secondary N) is 1. The molecule has 3 aromatic rings. The van der Waals surface area contributed by atoms with Crippen LogP contribution in [-0.2, 0) is 6.18 Å². The van der Waals surface area contributed by atoms with Gasteiger partial charge in [0.05, 0.1) is 5.52 Å². The van der Waals surface area contributed by atoms with E-state index in [1.165, 1.54) is 0 Å². The van der Waals surface area contributed by atoms with E-state index in [0.717, 1.165) is 16.8 Å². The van der Waals surface area contributed by atoms with Crippen LogP contribution in [0, 0.1) is 13.8 Å². The minimum atomic E-state index is -4.60. The molecule has 2 aromatic carbocycles. The highest BCUT2D eigenvalue weighted by Crippen LogP contribution is 2.32. The van der Waals surface area contributed by atoms with E-state index in [1.54, 1.807) is 24.3 Å². The van der Waals surface area contributed by atoms with Crippen LogP contribution in [0.4, 0.5) is 24.7 Å². The molecule has 0 amide bonds. The van der Waals surface area contributed by atoms with E-state index in [0.29, 0.717) is 5.39 Å². The van der Waals surface area contributed by atoms with Crippen molar-refractivity contribution in [2.45, 2.75) is 20.0 Å². The van der Waals surface area contributed by atoms with Crippen LogP contribution in [0.25, 0.3) is 10.9 Å². The van der Waals surface area contributed by atoms with Gasteiger partial charge < -0.3 is 5.32 Å². The second kappa shape index (κ2) is 5.53. The van der Waals surface area contributed by atoms with E-state index < -0.39 is 12.0 Å². The minimum absolute atomic E-state index is 0.150. The Kier molecular flexibility index (Phi) is 3.67. The van der Waals surface area contributed by atoms with Gasteiger partial charge in [-0.1, -0.05) is 24.3 Å². The molecule has 0 radical (unpaired) electrons. The van der Waals surface area contributed by atoms with Crippen molar-refractivity contribution in [3.8, 4) is 0 Å². The Morgan fingerprint density at radius 1 is 0.957 bits per heavy atom. The lowest BCUT2D eigenvalue weighted by atomic mass is 10.1. The van der Waals surface area contributed by atoms with Gasteiger partial charge in [0.1, 0.15) is 5.82 Å². The second-order valence-corrected chi connectivity index (χ2v) is 5.35. The Bertz CT molecular complexity index is 873. The monoisotopic (exact) mass is 317 g/mol. The number of rotatable bonds is 2. The summed E-state index contributed by atoms with van der Waals surface area (Å²) in [5, 5.41) is 3.56. The Labute approximate surface area is 131 Å². The van der Waals surface area contributed by atoms with Crippen molar-refractivity contribution in [3.63, 3.8) is 0 Å². The maximum atomic E-state index is 13.0. The molecule has 6 heteroatoms. The lowest BCUT2D eigenvalue weighted by molar-refractivity contribution is -0.144. The van der Waals surface area contributed by atoms with Gasteiger partial charge in [-0.15, -0.1) is 0 Å². The highest BCUT2D eigenvalue weighted by atomic mass is 19.4. The van der Waals surface area contributed by atoms with Gasteiger partial charge in [-0.25, -0.2) is 9.97 Å². The van der Waals surface area contributed by atoms with Crippen molar-refractivity contribution >= 4 is 22.4 Å². The number of halogens is 3. The first-order valence-electron chi connectivity index (χ1n) is 7.03. The standard InChI is InChI=1S/C17H14F3N3/c1-10-7-8-11(2)14(9-10)21-15-12-5-3-4-6-13(12)22-16(23-15)17(18,19)20/h3-9H,1-2H3,(H,21,22,23). The molecule has 1 aromatic heterocycles. The van der Waals surface area contributed by atoms with Gasteiger partial charge in [-0.05, 0) is 43.2 Å². The summed E-state index contributed by atoms with van der Waals surface area (Å²) >= 11 is 0. The Morgan fingerprint density at radius 2 is 1.70 bits per heavy atom. The summed E-state index contributed by atoms with van der Waals surface area (Å²) in [4.78, 5) is 7.30. The van der Waals surface area contributed by atoms with Gasteiger partial charge in [-0.2, -0.15) is 13.2 Å². The number of hydrogen-bond acceptors (Lipinski definition) is 3. The summed E-state index contributed by atoms with van der Waals surface area (Å²) in [5.41, 5.74) is 2.91. The predicted molar refractivity (Wildman–Crippen MR) is 83.7 cm³/mol. The Morgan fingerprint density at radius 3 is 2.43 bits per heavy atom. The number of para-hydroxylation sites is 1. The quantitative estimate of drug-likeness (QED) is 0.722. The molecule has 0 unspecified atom stereocenters. The molecule has 0 aliphatic carbocycles. The van der Waals surface area contributed by atoms with Crippen molar-refractivity contribution in [3.05, 3.63) is 59.4 Å². The Hall–Kier alpha value is -2.63. The number of anilines is 2. The van der Waals surface area contributed by atoms with Crippen LogP contribution >= 0.6 is 0 Å². The molecular formula is C17H14F3N3. The van der Waals surface area contributed by atoms with Crippen molar-refractivity contribution in [2.24, 2.45) is 0 Å². The van der Waals surface area contributed by atoms with Gasteiger partial charge in [0.2, 0.25) is 5.82 Å². The number of aromatic nitrogens is 2. The zero-order valence-corrected chi connectivity index (χ0v) is 12.6. The fourth-order valence-corrected chi connectivity index (χ4v) is 2.30. The first-order valence-corrected chi connectivity index (χ1v) is 7.03. The molecule has 0 spiro atoms. The van der Waals surface area contributed by atoms with Crippen molar-refractivity contribution in [2.75, 3.05) is 5.32 Å². The van der Waals surface area contributed by atoms with E-state index in [9.17, 15) is 13.2 Å². The van der Waals surface area contributed by atoms with Crippen LogP contribution in [-0.4, -0.2) is 9.97 Å². The van der Waals surface area contributed by atoms with Crippen LogP contribution in [0.2, 0.25) is 0 Å². The van der Waals surface area contributed by atoms with E-state index in [1.807, 2.05) is 32.0 Å². The van der Waals surface area contributed by atoms with E-state index >= 15 is 0 Å². The molecule has 0 fully saturated rings. The topological polar surface area (TPSA) is 37.8 Å². The summed E-state index contributed by atoms with van der Waals surface area (Å²) in [6.45, 7) is 3.81. The molecule has 3 rings (SSSR count). The lowest BCUT2D eigenvalue weighted by Gasteiger charge is -2.14. The molecule has 118 valence electrons. The summed E-state index contributed by atoms with van der Waals surface area (Å²) in [5.74, 6) is -0.999. The van der Waals surface area contributed by atoms with Crippen LogP contribution in [0.3, 0.4) is 0 Å². The first-order chi connectivity index (χ1) is 10.8. The van der Waals surface area contributed by atoms with Gasteiger partial charge in [-0.3, -0.25) is 0 Å². The van der Waals surface area contributed by atoms with E-state index in [2.05, 4.69) is 15.3 Å². The van der Waals surface area contributed by atoms with Crippen molar-refractivity contribution in [1.82, 2.24) is 9.97 Å². The maximum Gasteiger partial charge on any atom is 0.451 e. The second-order valence-electron chi connectivity index (χ2n) is 5.35. The first kappa shape index (κ1) is 15.3. The number of benzene rings is 2. The highest BCUT2D eigenvalue weighted by molar-refractivity contribution is 5.91. The van der Waals surface area contributed by atoms with Crippen LogP contribution < -0.4 is 5.32 Å². The molecule has 0 saturated heterocycles. The molecule has 0 aliphatic rings. The summed E-state index contributed by atoms with van der Waals surface area (Å²) in [7, 11) is 0. The zero-order valence-electron chi connectivity index (χ0n) is 12.6. The number of aryl methyl sites for hydroxylation is 2. The third-order valence-corrected chi connectivity index (χ3v) is 3.50. The summed E-state index contributed by atoms with van der Waals surface area (Å²) in [6, 6.07) is 12.4. The molecule has 0 aliphatic heterocycles. The van der Waals surface area contributed by atoms with Crippen molar-refractivity contribution in [1.29, 1.82) is 0 Å². The molecule has 0 saturated carbocycles. The van der Waals surface area contributed by atoms with Gasteiger partial charge in [0.15, 0.2) is 0 Å². The van der Waals surface area contributed by atoms with Crippen LogP contribution in [0.15, 0.2) is 42.5 Å². The molecule has 3 nitrogen and oxygen atoms in total. The van der Waals surface area contributed by atoms with E-state index in [-0.39, 0.29) is 11.3 Å². The third-order valence-electron chi connectivity index (χ3n) is 3.50. The molecule has 1 N–H and O–H groups in total. The number of hydrogen-bond donors (Lipinski definition) is 1. The van der Waals surface area contributed by atoms with Crippen molar-refractivity contribution < 1.29 is 13.2 Å². The summed E-state index contributed by atoms with van der Waals surface area (Å²) in [6.07, 6.45) is -4.60. The van der Waals surface area contributed by atoms with Crippen LogP contribution in [0.1, 0.15) is 17.0 Å². The average molecular weight is 317 g/mol. The number of nitrogens with zero attached hydrogens (tertiary/aromatic N) is 2. The van der Waals surface area contributed by atoms with Gasteiger partial charge in [0, 0.05) is 11.1 Å². The number of alkyl halides is 3. The number of fused-ring (bicyclic) bond motifs is 1. The average Bonchev–Trinajstić information content (AvgIpc) is 2.50. The molecule has 0 bridgehead atoms. The minimum Gasteiger partial charge on any atom is -0.339 e. The zero-order chi connectivity index (χ0) is 16.6. The molecule has 0 atom stereocenters. The smallest absolute Gasteiger partial charge is 0.339 e. The van der Waals surface area contributed by atoms with E-state index in [4.69, 9.17) is 0 Å². The Balaban J connectivity index is 2.17. The van der Waals surface area contributed by atoms with Crippen LogP contribution in [0.5, 0.6) is 0 Å². The molecular weight excluding hydrogens is 303 g/mol. The molecule has 1 heterocycles. The lowest BCUT2D eigenvalue weighted by Crippen LogP contribution is -2.12. The van der Waals surface area contributed by atoms with Gasteiger partial charge >= 0.3 is 6.18 Å². The highest BCUT2D eigenvalue weighted by Gasteiger charge is 2.35.